The van der Waals surface area contributed by atoms with Gasteiger partial charge in [0.05, 0.1) is 6.54 Å². The highest BCUT2D eigenvalue weighted by Crippen LogP contribution is 2.10. The molecule has 4 N–H and O–H groups in total. The maximum absolute atomic E-state index is 13.0. The summed E-state index contributed by atoms with van der Waals surface area (Å²) in [4.78, 5) is 24.9. The van der Waals surface area contributed by atoms with Gasteiger partial charge in [0.15, 0.2) is 0 Å². The lowest BCUT2D eigenvalue weighted by atomic mass is 10.2. The third-order valence-corrected chi connectivity index (χ3v) is 3.14. The lowest BCUT2D eigenvalue weighted by Gasteiger charge is -2.33. The number of benzene rings is 1. The Bertz CT molecular complexity index is 509. The van der Waals surface area contributed by atoms with Crippen molar-refractivity contribution in [1.29, 1.82) is 0 Å². The average Bonchev–Trinajstić information content (AvgIpc) is 2.38. The summed E-state index contributed by atoms with van der Waals surface area (Å²) in [6, 6.07) is 5.16. The van der Waals surface area contributed by atoms with Crippen LogP contribution in [-0.2, 0) is 9.59 Å². The number of hydrogen-bond donors (Lipinski definition) is 3. The Hall–Kier alpha value is -1.99. The van der Waals surface area contributed by atoms with E-state index in [1.54, 1.807) is 11.0 Å². The molecule has 1 aliphatic rings. The number of piperazine rings is 1. The molecule has 1 saturated heterocycles. The molecule has 1 unspecified atom stereocenters. The fourth-order valence-corrected chi connectivity index (χ4v) is 2.17. The Morgan fingerprint density at radius 3 is 3.00 bits per heavy atom. The lowest BCUT2D eigenvalue weighted by Crippen LogP contribution is -2.58. The van der Waals surface area contributed by atoms with Gasteiger partial charge < -0.3 is 16.4 Å². The molecule has 1 aliphatic heterocycles. The van der Waals surface area contributed by atoms with E-state index in [0.717, 1.165) is 0 Å². The average molecular weight is 280 g/mol. The predicted molar refractivity (Wildman–Crippen MR) is 72.5 cm³/mol. The van der Waals surface area contributed by atoms with Gasteiger partial charge in [-0.25, -0.2) is 4.39 Å². The smallest absolute Gasteiger partial charge is 0.238 e. The largest absolute Gasteiger partial charge is 0.368 e. The summed E-state index contributed by atoms with van der Waals surface area (Å²) in [6.45, 7) is 1.73. The molecule has 1 aromatic carbocycles. The highest BCUT2D eigenvalue weighted by molar-refractivity contribution is 5.92. The highest BCUT2D eigenvalue weighted by atomic mass is 19.1. The second kappa shape index (κ2) is 6.44. The number of carbonyl (C=O) groups is 2. The van der Waals surface area contributed by atoms with Crippen LogP contribution in [0.25, 0.3) is 0 Å². The summed E-state index contributed by atoms with van der Waals surface area (Å²) >= 11 is 0. The Morgan fingerprint density at radius 1 is 1.50 bits per heavy atom. The van der Waals surface area contributed by atoms with Crippen LogP contribution in [-0.4, -0.2) is 48.9 Å². The zero-order valence-electron chi connectivity index (χ0n) is 10.9. The van der Waals surface area contributed by atoms with Crippen LogP contribution in [0.3, 0.4) is 0 Å². The van der Waals surface area contributed by atoms with Gasteiger partial charge in [-0.05, 0) is 18.2 Å². The van der Waals surface area contributed by atoms with Gasteiger partial charge in [0, 0.05) is 25.3 Å². The van der Waals surface area contributed by atoms with Crippen molar-refractivity contribution in [3.8, 4) is 0 Å². The molecule has 2 rings (SSSR count). The van der Waals surface area contributed by atoms with Crippen LogP contribution < -0.4 is 16.4 Å². The monoisotopic (exact) mass is 280 g/mol. The van der Waals surface area contributed by atoms with Crippen LogP contribution in [0.15, 0.2) is 24.3 Å². The number of rotatable bonds is 4. The minimum absolute atomic E-state index is 0.0474. The molecule has 0 bridgehead atoms. The first-order valence-corrected chi connectivity index (χ1v) is 6.36. The molecule has 1 fully saturated rings. The van der Waals surface area contributed by atoms with Gasteiger partial charge in [-0.3, -0.25) is 14.5 Å². The number of carbonyl (C=O) groups excluding carboxylic acids is 2. The fourth-order valence-electron chi connectivity index (χ4n) is 2.17. The molecule has 108 valence electrons. The highest BCUT2D eigenvalue weighted by Gasteiger charge is 2.28. The van der Waals surface area contributed by atoms with Crippen molar-refractivity contribution in [3.05, 3.63) is 30.1 Å². The number of nitrogens with two attached hydrogens (primary N) is 1. The SMILES string of the molecule is NC(=O)C1CNCCN1CC(=O)Nc1cccc(F)c1. The molecule has 1 aromatic rings. The molecular formula is C13H17FN4O2. The molecule has 2 amide bonds. The van der Waals surface area contributed by atoms with Gasteiger partial charge >= 0.3 is 0 Å². The van der Waals surface area contributed by atoms with Crippen molar-refractivity contribution < 1.29 is 14.0 Å². The van der Waals surface area contributed by atoms with Gasteiger partial charge in [-0.15, -0.1) is 0 Å². The third-order valence-electron chi connectivity index (χ3n) is 3.14. The molecule has 6 nitrogen and oxygen atoms in total. The molecule has 1 atom stereocenters. The summed E-state index contributed by atoms with van der Waals surface area (Å²) in [5, 5.41) is 5.65. The molecule has 7 heteroatoms. The first-order chi connectivity index (χ1) is 9.56. The minimum atomic E-state index is -0.498. The molecule has 0 aliphatic carbocycles. The summed E-state index contributed by atoms with van der Waals surface area (Å²) in [6.07, 6.45) is 0. The number of amides is 2. The van der Waals surface area contributed by atoms with Crippen LogP contribution in [0.2, 0.25) is 0 Å². The molecule has 1 heterocycles. The number of primary amides is 1. The fraction of sp³-hybridized carbons (Fsp3) is 0.385. The standard InChI is InChI=1S/C13H17FN4O2/c14-9-2-1-3-10(6-9)17-12(19)8-18-5-4-16-7-11(18)13(15)20/h1-3,6,11,16H,4-5,7-8H2,(H2,15,20)(H,17,19). The Labute approximate surface area is 116 Å². The quantitative estimate of drug-likeness (QED) is 0.695. The topological polar surface area (TPSA) is 87.5 Å². The molecule has 0 radical (unpaired) electrons. The number of nitrogens with one attached hydrogen (secondary N) is 2. The Kier molecular flexibility index (Phi) is 4.65. The van der Waals surface area contributed by atoms with Crippen molar-refractivity contribution in [1.82, 2.24) is 10.2 Å². The van der Waals surface area contributed by atoms with E-state index in [4.69, 9.17) is 5.73 Å². The van der Waals surface area contributed by atoms with Crippen molar-refractivity contribution >= 4 is 17.5 Å². The van der Waals surface area contributed by atoms with E-state index in [1.807, 2.05) is 0 Å². The van der Waals surface area contributed by atoms with Gasteiger partial charge in [-0.2, -0.15) is 0 Å². The molecule has 0 aromatic heterocycles. The molecular weight excluding hydrogens is 263 g/mol. The lowest BCUT2D eigenvalue weighted by molar-refractivity contribution is -0.125. The van der Waals surface area contributed by atoms with Gasteiger partial charge in [0.2, 0.25) is 11.8 Å². The van der Waals surface area contributed by atoms with E-state index < -0.39 is 17.8 Å². The van der Waals surface area contributed by atoms with Gasteiger partial charge in [-0.1, -0.05) is 6.07 Å². The summed E-state index contributed by atoms with van der Waals surface area (Å²) in [7, 11) is 0. The van der Waals surface area contributed by atoms with Crippen LogP contribution in [0.1, 0.15) is 0 Å². The maximum atomic E-state index is 13.0. The maximum Gasteiger partial charge on any atom is 0.238 e. The summed E-state index contributed by atoms with van der Waals surface area (Å²) in [5.74, 6) is -1.18. The number of hydrogen-bond acceptors (Lipinski definition) is 4. The van der Waals surface area contributed by atoms with E-state index >= 15 is 0 Å². The van der Waals surface area contributed by atoms with Crippen LogP contribution in [0.5, 0.6) is 0 Å². The van der Waals surface area contributed by atoms with E-state index in [-0.39, 0.29) is 12.5 Å². The van der Waals surface area contributed by atoms with Crippen LogP contribution in [0.4, 0.5) is 10.1 Å². The molecule has 0 spiro atoms. The van der Waals surface area contributed by atoms with E-state index in [2.05, 4.69) is 10.6 Å². The van der Waals surface area contributed by atoms with Crippen molar-refractivity contribution in [2.75, 3.05) is 31.5 Å². The molecule has 20 heavy (non-hydrogen) atoms. The minimum Gasteiger partial charge on any atom is -0.368 e. The van der Waals surface area contributed by atoms with Gasteiger partial charge in [0.1, 0.15) is 11.9 Å². The zero-order valence-corrected chi connectivity index (χ0v) is 10.9. The Morgan fingerprint density at radius 2 is 2.30 bits per heavy atom. The van der Waals surface area contributed by atoms with E-state index in [0.29, 0.717) is 25.3 Å². The summed E-state index contributed by atoms with van der Waals surface area (Å²) in [5.41, 5.74) is 5.69. The van der Waals surface area contributed by atoms with Crippen LogP contribution in [0, 0.1) is 5.82 Å². The van der Waals surface area contributed by atoms with Crippen molar-refractivity contribution in [2.24, 2.45) is 5.73 Å². The second-order valence-corrected chi connectivity index (χ2v) is 4.65. The number of anilines is 1. The normalized spacial score (nSPS) is 19.6. The third kappa shape index (κ3) is 3.75. The second-order valence-electron chi connectivity index (χ2n) is 4.65. The predicted octanol–water partition coefficient (Wildman–Crippen LogP) is -0.477. The molecule has 0 saturated carbocycles. The Balaban J connectivity index is 1.94. The first-order valence-electron chi connectivity index (χ1n) is 6.36. The first kappa shape index (κ1) is 14.4. The van der Waals surface area contributed by atoms with Gasteiger partial charge in [0.25, 0.3) is 0 Å². The summed E-state index contributed by atoms with van der Waals surface area (Å²) < 4.78 is 13.0. The number of nitrogens with zero attached hydrogens (tertiary/aromatic N) is 1. The van der Waals surface area contributed by atoms with Crippen LogP contribution >= 0.6 is 0 Å². The zero-order chi connectivity index (χ0) is 14.5. The van der Waals surface area contributed by atoms with Crippen molar-refractivity contribution in [3.63, 3.8) is 0 Å². The van der Waals surface area contributed by atoms with E-state index in [9.17, 15) is 14.0 Å². The number of halogens is 1. The van der Waals surface area contributed by atoms with Crippen molar-refractivity contribution in [2.45, 2.75) is 6.04 Å². The van der Waals surface area contributed by atoms with E-state index in [1.165, 1.54) is 18.2 Å².